The Morgan fingerprint density at radius 2 is 2.26 bits per heavy atom. The lowest BCUT2D eigenvalue weighted by atomic mass is 10.1. The minimum atomic E-state index is -3.57. The maximum Gasteiger partial charge on any atom is 0.244 e. The van der Waals surface area contributed by atoms with E-state index in [0.717, 1.165) is 19.4 Å². The molecular weight excluding hydrogens is 332 g/mol. The monoisotopic (exact) mass is 348 g/mol. The molecule has 0 aliphatic carbocycles. The van der Waals surface area contributed by atoms with Crippen LogP contribution in [0.15, 0.2) is 27.6 Å². The number of rotatable bonds is 4. The van der Waals surface area contributed by atoms with Crippen molar-refractivity contribution in [1.82, 2.24) is 10.0 Å². The van der Waals surface area contributed by atoms with Gasteiger partial charge < -0.3 is 10.1 Å². The van der Waals surface area contributed by atoms with Crippen molar-refractivity contribution in [3.05, 3.63) is 22.7 Å². The van der Waals surface area contributed by atoms with Crippen molar-refractivity contribution in [2.24, 2.45) is 0 Å². The number of halogens is 1. The molecule has 1 aromatic carbocycles. The lowest BCUT2D eigenvalue weighted by molar-refractivity contribution is 0.399. The zero-order chi connectivity index (χ0) is 13.9. The highest BCUT2D eigenvalue weighted by atomic mass is 79.9. The van der Waals surface area contributed by atoms with Crippen LogP contribution in [-0.2, 0) is 10.0 Å². The summed E-state index contributed by atoms with van der Waals surface area (Å²) >= 11 is 3.28. The van der Waals surface area contributed by atoms with E-state index in [1.165, 1.54) is 7.11 Å². The zero-order valence-electron chi connectivity index (χ0n) is 10.6. The van der Waals surface area contributed by atoms with E-state index in [-0.39, 0.29) is 10.9 Å². The fourth-order valence-corrected chi connectivity index (χ4v) is 4.07. The maximum atomic E-state index is 12.4. The number of hydrogen-bond acceptors (Lipinski definition) is 4. The summed E-state index contributed by atoms with van der Waals surface area (Å²) < 4.78 is 33.3. The molecule has 0 bridgehead atoms. The third-order valence-electron chi connectivity index (χ3n) is 3.03. The standard InChI is InChI=1S/C12H17BrN2O3S/c1-18-11-5-4-9(13)7-12(11)19(16,17)15-10-3-2-6-14-8-10/h4-5,7,10,14-15H,2-3,6,8H2,1H3. The Labute approximate surface area is 121 Å². The van der Waals surface area contributed by atoms with Crippen LogP contribution >= 0.6 is 15.9 Å². The normalized spacial score (nSPS) is 20.2. The lowest BCUT2D eigenvalue weighted by Crippen LogP contribution is -2.45. The van der Waals surface area contributed by atoms with Crippen LogP contribution in [0, 0.1) is 0 Å². The van der Waals surface area contributed by atoms with Gasteiger partial charge in [0, 0.05) is 17.1 Å². The van der Waals surface area contributed by atoms with E-state index in [1.807, 2.05) is 0 Å². The van der Waals surface area contributed by atoms with Crippen LogP contribution in [0.3, 0.4) is 0 Å². The van der Waals surface area contributed by atoms with E-state index >= 15 is 0 Å². The second-order valence-corrected chi connectivity index (χ2v) is 7.06. The highest BCUT2D eigenvalue weighted by Gasteiger charge is 2.24. The number of ether oxygens (including phenoxy) is 1. The van der Waals surface area contributed by atoms with E-state index in [0.29, 0.717) is 16.8 Å². The topological polar surface area (TPSA) is 67.4 Å². The van der Waals surface area contributed by atoms with Gasteiger partial charge in [0.05, 0.1) is 7.11 Å². The van der Waals surface area contributed by atoms with Crippen molar-refractivity contribution in [1.29, 1.82) is 0 Å². The molecule has 2 rings (SSSR count). The third-order valence-corrected chi connectivity index (χ3v) is 5.07. The number of hydrogen-bond donors (Lipinski definition) is 2. The first-order chi connectivity index (χ1) is 9.03. The molecule has 106 valence electrons. The quantitative estimate of drug-likeness (QED) is 0.864. The number of nitrogens with one attached hydrogen (secondary N) is 2. The molecule has 1 aliphatic heterocycles. The van der Waals surface area contributed by atoms with Gasteiger partial charge in [-0.2, -0.15) is 0 Å². The first-order valence-electron chi connectivity index (χ1n) is 6.09. The number of sulfonamides is 1. The minimum Gasteiger partial charge on any atom is -0.495 e. The Balaban J connectivity index is 2.25. The summed E-state index contributed by atoms with van der Waals surface area (Å²) in [5.74, 6) is 0.347. The second-order valence-electron chi connectivity index (χ2n) is 4.46. The smallest absolute Gasteiger partial charge is 0.244 e. The fourth-order valence-electron chi connectivity index (χ4n) is 2.10. The summed E-state index contributed by atoms with van der Waals surface area (Å²) in [5.41, 5.74) is 0. The van der Waals surface area contributed by atoms with Crippen LogP contribution in [0.4, 0.5) is 0 Å². The maximum absolute atomic E-state index is 12.4. The van der Waals surface area contributed by atoms with E-state index < -0.39 is 10.0 Å². The van der Waals surface area contributed by atoms with Crippen LogP contribution in [0.2, 0.25) is 0 Å². The molecule has 1 heterocycles. The number of benzene rings is 1. The Morgan fingerprint density at radius 1 is 1.47 bits per heavy atom. The summed E-state index contributed by atoms with van der Waals surface area (Å²) in [4.78, 5) is 0.162. The van der Waals surface area contributed by atoms with E-state index in [1.54, 1.807) is 18.2 Å². The predicted molar refractivity (Wildman–Crippen MR) is 76.9 cm³/mol. The minimum absolute atomic E-state index is 0.0672. The van der Waals surface area contributed by atoms with E-state index in [4.69, 9.17) is 4.74 Å². The highest BCUT2D eigenvalue weighted by molar-refractivity contribution is 9.10. The molecule has 1 fully saturated rings. The van der Waals surface area contributed by atoms with Crippen molar-refractivity contribution in [3.8, 4) is 5.75 Å². The Bertz CT molecular complexity index is 542. The van der Waals surface area contributed by atoms with Gasteiger partial charge in [-0.05, 0) is 37.6 Å². The SMILES string of the molecule is COc1ccc(Br)cc1S(=O)(=O)NC1CCCNC1. The molecule has 1 unspecified atom stereocenters. The average Bonchev–Trinajstić information content (AvgIpc) is 2.39. The summed E-state index contributed by atoms with van der Waals surface area (Å²) in [6, 6.07) is 4.87. The van der Waals surface area contributed by atoms with Crippen molar-refractivity contribution in [3.63, 3.8) is 0 Å². The molecule has 0 spiro atoms. The molecule has 0 saturated carbocycles. The molecule has 1 atom stereocenters. The van der Waals surface area contributed by atoms with Gasteiger partial charge in [0.2, 0.25) is 10.0 Å². The van der Waals surface area contributed by atoms with Gasteiger partial charge >= 0.3 is 0 Å². The summed E-state index contributed by atoms with van der Waals surface area (Å²) in [5, 5.41) is 3.18. The van der Waals surface area contributed by atoms with E-state index in [2.05, 4.69) is 26.0 Å². The molecule has 2 N–H and O–H groups in total. The Morgan fingerprint density at radius 3 is 2.89 bits per heavy atom. The Hall–Kier alpha value is -0.630. The molecule has 0 radical (unpaired) electrons. The van der Waals surface area contributed by atoms with Gasteiger partial charge in [-0.3, -0.25) is 0 Å². The van der Waals surface area contributed by atoms with Gasteiger partial charge in [0.1, 0.15) is 10.6 Å². The zero-order valence-corrected chi connectivity index (χ0v) is 13.1. The molecule has 0 aromatic heterocycles. The highest BCUT2D eigenvalue weighted by Crippen LogP contribution is 2.27. The van der Waals surface area contributed by atoms with Gasteiger partial charge in [0.15, 0.2) is 0 Å². The van der Waals surface area contributed by atoms with Gasteiger partial charge in [-0.1, -0.05) is 15.9 Å². The molecule has 1 saturated heterocycles. The van der Waals surface area contributed by atoms with Crippen LogP contribution in [0.5, 0.6) is 5.75 Å². The largest absolute Gasteiger partial charge is 0.495 e. The average molecular weight is 349 g/mol. The van der Waals surface area contributed by atoms with Crippen LogP contribution in [-0.4, -0.2) is 34.7 Å². The van der Waals surface area contributed by atoms with Crippen molar-refractivity contribution < 1.29 is 13.2 Å². The number of methoxy groups -OCH3 is 1. The summed E-state index contributed by atoms with van der Waals surface area (Å²) in [7, 11) is -2.11. The van der Waals surface area contributed by atoms with Crippen LogP contribution in [0.25, 0.3) is 0 Å². The summed E-state index contributed by atoms with van der Waals surface area (Å²) in [6.07, 6.45) is 1.82. The molecule has 7 heteroatoms. The molecular formula is C12H17BrN2O3S. The van der Waals surface area contributed by atoms with Gasteiger partial charge in [-0.15, -0.1) is 0 Å². The number of piperidine rings is 1. The second kappa shape index (κ2) is 6.21. The first kappa shape index (κ1) is 14.8. The van der Waals surface area contributed by atoms with Crippen LogP contribution in [0.1, 0.15) is 12.8 Å². The van der Waals surface area contributed by atoms with Crippen LogP contribution < -0.4 is 14.8 Å². The van der Waals surface area contributed by atoms with Gasteiger partial charge in [-0.25, -0.2) is 13.1 Å². The van der Waals surface area contributed by atoms with Crippen molar-refractivity contribution in [2.45, 2.75) is 23.8 Å². The molecule has 1 aromatic rings. The van der Waals surface area contributed by atoms with E-state index in [9.17, 15) is 8.42 Å². The molecule has 0 amide bonds. The lowest BCUT2D eigenvalue weighted by Gasteiger charge is -2.24. The van der Waals surface area contributed by atoms with Crippen molar-refractivity contribution in [2.75, 3.05) is 20.2 Å². The molecule has 19 heavy (non-hydrogen) atoms. The predicted octanol–water partition coefficient (Wildman–Crippen LogP) is 1.49. The fraction of sp³-hybridized carbons (Fsp3) is 0.500. The first-order valence-corrected chi connectivity index (χ1v) is 8.37. The molecule has 5 nitrogen and oxygen atoms in total. The van der Waals surface area contributed by atoms with Gasteiger partial charge in [0.25, 0.3) is 0 Å². The molecule has 1 aliphatic rings. The van der Waals surface area contributed by atoms with Crippen molar-refractivity contribution >= 4 is 26.0 Å². The summed E-state index contributed by atoms with van der Waals surface area (Å²) in [6.45, 7) is 1.61. The Kier molecular flexibility index (Phi) is 4.83. The third kappa shape index (κ3) is 3.68.